The van der Waals surface area contributed by atoms with E-state index in [1.54, 1.807) is 0 Å². The van der Waals surface area contributed by atoms with Crippen LogP contribution < -0.4 is 25.5 Å². The third kappa shape index (κ3) is 6.68. The predicted octanol–water partition coefficient (Wildman–Crippen LogP) is 14.0. The largest absolute Gasteiger partial charge is 0.295 e. The third-order valence-corrected chi connectivity index (χ3v) is 15.7. The molecule has 6 heteroatoms. The number of rotatable bonds is 3. The molecule has 1 aliphatic carbocycles. The molecule has 0 atom stereocenters. The van der Waals surface area contributed by atoms with Crippen LogP contribution in [0.3, 0.4) is 0 Å². The summed E-state index contributed by atoms with van der Waals surface area (Å²) in [5.41, 5.74) is 16.5. The Balaban J connectivity index is 1.33. The molecule has 0 saturated heterocycles. The van der Waals surface area contributed by atoms with Crippen LogP contribution in [0, 0.1) is 6.92 Å². The first-order valence-electron chi connectivity index (χ1n) is 23.1. The Labute approximate surface area is 380 Å². The van der Waals surface area contributed by atoms with E-state index in [0.717, 1.165) is 29.6 Å². The average Bonchev–Trinajstić information content (AvgIpc) is 3.60. The van der Waals surface area contributed by atoms with Crippen molar-refractivity contribution in [1.29, 1.82) is 0 Å². The molecule has 4 nitrogen and oxygen atoms in total. The van der Waals surface area contributed by atoms with Gasteiger partial charge in [-0.25, -0.2) is 9.97 Å². The summed E-state index contributed by atoms with van der Waals surface area (Å²) in [5.74, 6) is 2.70. The summed E-state index contributed by atoms with van der Waals surface area (Å²) < 4.78 is 2.65. The lowest BCUT2D eigenvalue weighted by atomic mass is 9.36. The minimum atomic E-state index is -0.0592. The number of hydrogen-bond acceptors (Lipinski definition) is 5. The van der Waals surface area contributed by atoms with Crippen molar-refractivity contribution in [1.82, 2.24) is 9.97 Å². The summed E-state index contributed by atoms with van der Waals surface area (Å²) in [6.45, 7) is 32.6. The second kappa shape index (κ2) is 13.9. The third-order valence-electron chi connectivity index (χ3n) is 14.5. The fourth-order valence-corrected chi connectivity index (χ4v) is 11.8. The van der Waals surface area contributed by atoms with Crippen molar-refractivity contribution >= 4 is 78.2 Å². The molecule has 0 saturated carbocycles. The molecule has 3 aliphatic rings. The summed E-state index contributed by atoms with van der Waals surface area (Å²) in [4.78, 5) is 16.2. The Hall–Kier alpha value is -5.20. The maximum Gasteiger partial charge on any atom is 0.268 e. The van der Waals surface area contributed by atoms with Gasteiger partial charge in [0.05, 0.1) is 11.4 Å². The van der Waals surface area contributed by atoms with Gasteiger partial charge in [0.25, 0.3) is 6.71 Å². The monoisotopic (exact) mass is 846 g/mol. The van der Waals surface area contributed by atoms with Crippen LogP contribution in [0.25, 0.3) is 21.2 Å². The second-order valence-corrected chi connectivity index (χ2v) is 24.2. The molecule has 0 bridgehead atoms. The van der Waals surface area contributed by atoms with Gasteiger partial charge in [-0.05, 0) is 128 Å². The number of aryl methyl sites for hydroxylation is 1. The van der Waals surface area contributed by atoms with Gasteiger partial charge in [-0.15, -0.1) is 11.3 Å². The van der Waals surface area contributed by atoms with E-state index in [2.05, 4.69) is 210 Å². The van der Waals surface area contributed by atoms with E-state index < -0.39 is 0 Å². The van der Waals surface area contributed by atoms with Crippen LogP contribution in [0.5, 0.6) is 0 Å². The zero-order valence-electron chi connectivity index (χ0n) is 40.0. The van der Waals surface area contributed by atoms with Gasteiger partial charge >= 0.3 is 0 Å². The first kappa shape index (κ1) is 41.8. The Morgan fingerprint density at radius 1 is 0.587 bits per heavy atom. The molecule has 0 unspecified atom stereocenters. The van der Waals surface area contributed by atoms with Crippen LogP contribution in [0.1, 0.15) is 136 Å². The van der Waals surface area contributed by atoms with Crippen molar-refractivity contribution in [2.45, 2.75) is 137 Å². The lowest BCUT2D eigenvalue weighted by molar-refractivity contribution is 0.332. The number of nitrogens with zero attached hydrogens (tertiary/aromatic N) is 4. The molecular weight excluding hydrogens is 784 g/mol. The lowest BCUT2D eigenvalue weighted by Crippen LogP contribution is -2.61. The van der Waals surface area contributed by atoms with E-state index in [1.165, 1.54) is 88.2 Å². The molecule has 4 heterocycles. The number of anilines is 6. The molecule has 320 valence electrons. The Kier molecular flexibility index (Phi) is 9.22. The minimum Gasteiger partial charge on any atom is -0.295 e. The van der Waals surface area contributed by atoms with Crippen LogP contribution in [0.2, 0.25) is 0 Å². The van der Waals surface area contributed by atoms with Gasteiger partial charge in [-0.2, -0.15) is 0 Å². The molecule has 0 N–H and O–H groups in total. The minimum absolute atomic E-state index is 0.00589. The SMILES string of the molecule is Cc1nc2c3c(n1)N(c1ccc4c(c1)C(C)(C)CCC4(C)C)c1c(sc4ccc(C(C)(C)C)cc14)B3c1ccc(C(C)(C)C)cc1N2c1ccc(C(C)(C)C)cc1-c1ccccc1. The molecule has 2 aliphatic heterocycles. The summed E-state index contributed by atoms with van der Waals surface area (Å²) in [5, 5.41) is 1.29. The highest BCUT2D eigenvalue weighted by Crippen LogP contribution is 2.52. The molecule has 10 rings (SSSR count). The number of fused-ring (bicyclic) bond motifs is 7. The molecule has 0 fully saturated rings. The van der Waals surface area contributed by atoms with Crippen molar-refractivity contribution in [3.63, 3.8) is 0 Å². The fourth-order valence-electron chi connectivity index (χ4n) is 10.5. The number of aromatic nitrogens is 2. The Bertz CT molecular complexity index is 2990. The topological polar surface area (TPSA) is 32.3 Å². The van der Waals surface area contributed by atoms with Crippen molar-refractivity contribution in [3.8, 4) is 11.1 Å². The van der Waals surface area contributed by atoms with Gasteiger partial charge in [0.2, 0.25) is 0 Å². The van der Waals surface area contributed by atoms with Crippen LogP contribution >= 0.6 is 11.3 Å². The summed E-state index contributed by atoms with van der Waals surface area (Å²) in [7, 11) is 0. The van der Waals surface area contributed by atoms with Crippen molar-refractivity contribution < 1.29 is 0 Å². The molecule has 0 amide bonds. The highest BCUT2D eigenvalue weighted by atomic mass is 32.1. The van der Waals surface area contributed by atoms with Crippen molar-refractivity contribution in [2.24, 2.45) is 0 Å². The van der Waals surface area contributed by atoms with Gasteiger partial charge in [0.1, 0.15) is 17.5 Å². The van der Waals surface area contributed by atoms with Gasteiger partial charge in [-0.3, -0.25) is 9.80 Å². The lowest BCUT2D eigenvalue weighted by Gasteiger charge is -2.44. The quantitative estimate of drug-likeness (QED) is 0.166. The van der Waals surface area contributed by atoms with Crippen LogP contribution in [0.15, 0.2) is 103 Å². The average molecular weight is 847 g/mol. The molecule has 5 aromatic carbocycles. The smallest absolute Gasteiger partial charge is 0.268 e. The van der Waals surface area contributed by atoms with Crippen LogP contribution in [-0.2, 0) is 27.1 Å². The molecule has 7 aromatic rings. The summed E-state index contributed by atoms with van der Waals surface area (Å²) >= 11 is 1.95. The van der Waals surface area contributed by atoms with E-state index in [0.29, 0.717) is 0 Å². The molecule has 0 spiro atoms. The Morgan fingerprint density at radius 3 is 1.84 bits per heavy atom. The van der Waals surface area contributed by atoms with E-state index in [9.17, 15) is 0 Å². The van der Waals surface area contributed by atoms with E-state index >= 15 is 0 Å². The van der Waals surface area contributed by atoms with Crippen molar-refractivity contribution in [3.05, 3.63) is 137 Å². The zero-order valence-corrected chi connectivity index (χ0v) is 40.8. The maximum atomic E-state index is 5.58. The maximum absolute atomic E-state index is 5.58. The fraction of sp³-hybridized carbons (Fsp3) is 0.368. The Morgan fingerprint density at radius 2 is 1.17 bits per heavy atom. The molecule has 2 aromatic heterocycles. The van der Waals surface area contributed by atoms with Crippen LogP contribution in [-0.4, -0.2) is 16.7 Å². The molecular formula is C57H63BN4S. The number of benzene rings is 5. The summed E-state index contributed by atoms with van der Waals surface area (Å²) in [6.07, 6.45) is 2.33. The standard InChI is InChI=1S/C57H63BN4S/c1-34-59-51-48-52(60-34)62(45-26-21-36(53(2,3)4)30-40(45)35-18-16-15-17-19-35)46-32-38(55(8,9)10)20-25-44(46)58(48)50-49(41-31-37(54(5,6)7)22-27-47(41)63-50)61(51)39-23-24-42-43(33-39)57(13,14)29-28-56(42,11)12/h15-27,30-33H,28-29H2,1-14H3. The molecule has 63 heavy (non-hydrogen) atoms. The zero-order chi connectivity index (χ0) is 44.8. The first-order valence-corrected chi connectivity index (χ1v) is 23.9. The van der Waals surface area contributed by atoms with E-state index in [1.807, 2.05) is 11.3 Å². The van der Waals surface area contributed by atoms with Crippen molar-refractivity contribution in [2.75, 3.05) is 9.80 Å². The summed E-state index contributed by atoms with van der Waals surface area (Å²) in [6, 6.07) is 39.8. The van der Waals surface area contributed by atoms with E-state index in [4.69, 9.17) is 9.97 Å². The van der Waals surface area contributed by atoms with Crippen LogP contribution in [0.4, 0.5) is 34.4 Å². The second-order valence-electron chi connectivity index (χ2n) is 23.1. The normalized spacial score (nSPS) is 16.4. The van der Waals surface area contributed by atoms with Gasteiger partial charge in [0, 0.05) is 37.3 Å². The highest BCUT2D eigenvalue weighted by molar-refractivity contribution is 7.33. The number of thiophene rings is 1. The molecule has 0 radical (unpaired) electrons. The van der Waals surface area contributed by atoms with Gasteiger partial charge in [0.15, 0.2) is 0 Å². The van der Waals surface area contributed by atoms with E-state index in [-0.39, 0.29) is 33.8 Å². The first-order chi connectivity index (χ1) is 29.5. The van der Waals surface area contributed by atoms with Gasteiger partial charge in [-0.1, -0.05) is 151 Å². The number of hydrogen-bond donors (Lipinski definition) is 0. The predicted molar refractivity (Wildman–Crippen MR) is 273 cm³/mol. The van der Waals surface area contributed by atoms with Gasteiger partial charge < -0.3 is 0 Å². The highest BCUT2D eigenvalue weighted by Gasteiger charge is 2.48.